The maximum atomic E-state index is 12.8. The highest BCUT2D eigenvalue weighted by Gasteiger charge is 2.21. The van der Waals surface area contributed by atoms with Gasteiger partial charge in [0.25, 0.3) is 5.56 Å². The van der Waals surface area contributed by atoms with Crippen molar-refractivity contribution in [1.29, 1.82) is 0 Å². The molecule has 4 rings (SSSR count). The van der Waals surface area contributed by atoms with E-state index in [-0.39, 0.29) is 21.8 Å². The molecule has 0 atom stereocenters. The maximum absolute atomic E-state index is 12.8. The van der Waals surface area contributed by atoms with Crippen molar-refractivity contribution in [2.75, 3.05) is 31.1 Å². The Kier molecular flexibility index (Phi) is 6.80. The molecule has 1 amide bonds. The minimum atomic E-state index is -1.08. The topological polar surface area (TPSA) is 98.6 Å². The smallest absolute Gasteiger partial charge is 0.335 e. The molecule has 2 N–H and O–H groups in total. The van der Waals surface area contributed by atoms with Crippen molar-refractivity contribution in [2.45, 2.75) is 19.4 Å². The zero-order chi connectivity index (χ0) is 23.5. The summed E-state index contributed by atoms with van der Waals surface area (Å²) in [6.07, 6.45) is 0.789. The molecule has 1 fully saturated rings. The van der Waals surface area contributed by atoms with Gasteiger partial charge in [-0.2, -0.15) is 0 Å². The summed E-state index contributed by atoms with van der Waals surface area (Å²) in [6.45, 7) is 3.04. The number of aromatic nitrogens is 2. The number of amides is 1. The lowest BCUT2D eigenvalue weighted by Crippen LogP contribution is -2.48. The molecule has 172 valence electrons. The SMILES string of the molecule is O=C(O)c1ccc2c(=O)n(CCCC(=O)N3CCN(c4cccc(Cl)c4)CC3)c(=S)[nH]c2c1. The lowest BCUT2D eigenvalue weighted by atomic mass is 10.1. The highest BCUT2D eigenvalue weighted by atomic mass is 35.5. The Morgan fingerprint density at radius 3 is 2.55 bits per heavy atom. The molecule has 2 aromatic carbocycles. The number of rotatable bonds is 6. The predicted molar refractivity (Wildman–Crippen MR) is 130 cm³/mol. The van der Waals surface area contributed by atoms with E-state index in [9.17, 15) is 14.4 Å². The molecule has 0 unspecified atom stereocenters. The molecule has 0 aliphatic carbocycles. The third-order valence-electron chi connectivity index (χ3n) is 5.81. The monoisotopic (exact) mass is 486 g/mol. The average Bonchev–Trinajstić information content (AvgIpc) is 2.80. The van der Waals surface area contributed by atoms with Crippen molar-refractivity contribution < 1.29 is 14.7 Å². The number of halogens is 1. The molecule has 0 spiro atoms. The van der Waals surface area contributed by atoms with Crippen molar-refractivity contribution in [3.05, 3.63) is 68.2 Å². The largest absolute Gasteiger partial charge is 0.478 e. The summed E-state index contributed by atoms with van der Waals surface area (Å²) >= 11 is 11.4. The molecule has 0 saturated carbocycles. The molecule has 1 saturated heterocycles. The fourth-order valence-corrected chi connectivity index (χ4v) is 4.49. The Labute approximate surface area is 200 Å². The van der Waals surface area contributed by atoms with Crippen LogP contribution in [-0.2, 0) is 11.3 Å². The number of carbonyl (C=O) groups is 2. The van der Waals surface area contributed by atoms with Crippen molar-refractivity contribution in [3.8, 4) is 0 Å². The highest BCUT2D eigenvalue weighted by Crippen LogP contribution is 2.21. The number of hydrogen-bond donors (Lipinski definition) is 2. The van der Waals surface area contributed by atoms with Crippen LogP contribution in [0.3, 0.4) is 0 Å². The number of carboxylic acid groups (broad SMARTS) is 1. The van der Waals surface area contributed by atoms with Gasteiger partial charge in [-0.05, 0) is 55.0 Å². The molecule has 0 bridgehead atoms. The second-order valence-electron chi connectivity index (χ2n) is 7.90. The maximum Gasteiger partial charge on any atom is 0.335 e. The van der Waals surface area contributed by atoms with Crippen LogP contribution in [0.25, 0.3) is 10.9 Å². The van der Waals surface area contributed by atoms with E-state index in [0.29, 0.717) is 48.4 Å². The first-order valence-corrected chi connectivity index (χ1v) is 11.4. The minimum Gasteiger partial charge on any atom is -0.478 e. The summed E-state index contributed by atoms with van der Waals surface area (Å²) in [5, 5.41) is 10.2. The molecule has 33 heavy (non-hydrogen) atoms. The molecule has 2 heterocycles. The molecule has 1 aromatic heterocycles. The fraction of sp³-hybridized carbons (Fsp3) is 0.304. The van der Waals surface area contributed by atoms with Crippen LogP contribution in [-0.4, -0.2) is 57.6 Å². The summed E-state index contributed by atoms with van der Waals surface area (Å²) < 4.78 is 1.63. The quantitative estimate of drug-likeness (QED) is 0.517. The Hall–Kier alpha value is -3.17. The van der Waals surface area contributed by atoms with Gasteiger partial charge in [-0.15, -0.1) is 0 Å². The van der Waals surface area contributed by atoms with Crippen LogP contribution in [0.15, 0.2) is 47.3 Å². The van der Waals surface area contributed by atoms with Crippen molar-refractivity contribution in [2.24, 2.45) is 0 Å². The van der Waals surface area contributed by atoms with E-state index in [1.54, 1.807) is 0 Å². The number of aromatic amines is 1. The van der Waals surface area contributed by atoms with Crippen LogP contribution in [0.2, 0.25) is 5.02 Å². The van der Waals surface area contributed by atoms with Gasteiger partial charge in [0.15, 0.2) is 4.77 Å². The summed E-state index contributed by atoms with van der Waals surface area (Å²) in [6, 6.07) is 12.0. The van der Waals surface area contributed by atoms with Crippen LogP contribution < -0.4 is 10.5 Å². The van der Waals surface area contributed by atoms with Gasteiger partial charge in [0.2, 0.25) is 5.91 Å². The zero-order valence-electron chi connectivity index (χ0n) is 17.8. The first-order chi connectivity index (χ1) is 15.8. The van der Waals surface area contributed by atoms with Crippen LogP contribution in [0.1, 0.15) is 23.2 Å². The minimum absolute atomic E-state index is 0.0515. The van der Waals surface area contributed by atoms with E-state index in [4.69, 9.17) is 28.9 Å². The first kappa shape index (κ1) is 23.0. The van der Waals surface area contributed by atoms with Crippen LogP contribution >= 0.6 is 23.8 Å². The standard InChI is InChI=1S/C23H23ClN4O4S/c24-16-3-1-4-17(14-16)26-9-11-27(12-10-26)20(29)5-2-8-28-21(30)18-7-6-15(22(31)32)13-19(18)25-23(28)33/h1,3-4,6-7,13-14H,2,5,8-12H2,(H,25,33)(H,31,32). The van der Waals surface area contributed by atoms with E-state index < -0.39 is 5.97 Å². The van der Waals surface area contributed by atoms with E-state index in [1.165, 1.54) is 22.8 Å². The lowest BCUT2D eigenvalue weighted by molar-refractivity contribution is -0.131. The number of carboxylic acids is 1. The van der Waals surface area contributed by atoms with Crippen molar-refractivity contribution in [1.82, 2.24) is 14.5 Å². The molecule has 8 nitrogen and oxygen atoms in total. The number of carbonyl (C=O) groups excluding carboxylic acids is 1. The lowest BCUT2D eigenvalue weighted by Gasteiger charge is -2.36. The van der Waals surface area contributed by atoms with Crippen molar-refractivity contribution in [3.63, 3.8) is 0 Å². The number of benzene rings is 2. The Morgan fingerprint density at radius 2 is 1.85 bits per heavy atom. The number of fused-ring (bicyclic) bond motifs is 1. The molecular weight excluding hydrogens is 464 g/mol. The number of anilines is 1. The first-order valence-electron chi connectivity index (χ1n) is 10.6. The molecule has 3 aromatic rings. The number of aromatic carboxylic acids is 1. The van der Waals surface area contributed by atoms with E-state index in [1.807, 2.05) is 29.2 Å². The number of piperazine rings is 1. The third-order valence-corrected chi connectivity index (χ3v) is 6.36. The van der Waals surface area contributed by atoms with Gasteiger partial charge in [-0.25, -0.2) is 4.79 Å². The number of hydrogen-bond acceptors (Lipinski definition) is 5. The Bertz CT molecular complexity index is 1330. The third kappa shape index (κ3) is 5.09. The number of nitrogens with zero attached hydrogens (tertiary/aromatic N) is 3. The van der Waals surface area contributed by atoms with Gasteiger partial charge in [0, 0.05) is 49.9 Å². The average molecular weight is 487 g/mol. The summed E-state index contributed by atoms with van der Waals surface area (Å²) in [5.74, 6) is -1.03. The summed E-state index contributed by atoms with van der Waals surface area (Å²) in [5.41, 5.74) is 1.21. The number of nitrogens with one attached hydrogen (secondary N) is 1. The highest BCUT2D eigenvalue weighted by molar-refractivity contribution is 7.71. The zero-order valence-corrected chi connectivity index (χ0v) is 19.4. The molecular formula is C23H23ClN4O4S. The van der Waals surface area contributed by atoms with Gasteiger partial charge in [-0.1, -0.05) is 17.7 Å². The van der Waals surface area contributed by atoms with Crippen LogP contribution in [0, 0.1) is 4.77 Å². The molecule has 1 aliphatic heterocycles. The summed E-state index contributed by atoms with van der Waals surface area (Å²) in [4.78, 5) is 43.6. The summed E-state index contributed by atoms with van der Waals surface area (Å²) in [7, 11) is 0. The van der Waals surface area contributed by atoms with Crippen LogP contribution in [0.5, 0.6) is 0 Å². The van der Waals surface area contributed by atoms with Gasteiger partial charge >= 0.3 is 5.97 Å². The predicted octanol–water partition coefficient (Wildman–Crippen LogP) is 3.54. The van der Waals surface area contributed by atoms with E-state index >= 15 is 0 Å². The van der Waals surface area contributed by atoms with Gasteiger partial charge in [-0.3, -0.25) is 14.2 Å². The van der Waals surface area contributed by atoms with Gasteiger partial charge < -0.3 is 19.9 Å². The molecule has 1 aliphatic rings. The van der Waals surface area contributed by atoms with E-state index in [0.717, 1.165) is 18.8 Å². The molecule has 10 heteroatoms. The normalized spacial score (nSPS) is 14.0. The second kappa shape index (κ2) is 9.76. The Balaban J connectivity index is 1.35. The van der Waals surface area contributed by atoms with Gasteiger partial charge in [0.1, 0.15) is 0 Å². The van der Waals surface area contributed by atoms with E-state index in [2.05, 4.69) is 9.88 Å². The molecule has 0 radical (unpaired) electrons. The second-order valence-corrected chi connectivity index (χ2v) is 8.73. The van der Waals surface area contributed by atoms with Gasteiger partial charge in [0.05, 0.1) is 16.5 Å². The fourth-order valence-electron chi connectivity index (χ4n) is 4.02. The Morgan fingerprint density at radius 1 is 1.09 bits per heavy atom. The number of H-pyrrole nitrogens is 1. The van der Waals surface area contributed by atoms with Crippen molar-refractivity contribution >= 4 is 52.3 Å². The van der Waals surface area contributed by atoms with Crippen LogP contribution in [0.4, 0.5) is 5.69 Å².